The molecule has 3 nitrogen and oxygen atoms in total. The van der Waals surface area contributed by atoms with Crippen LogP contribution in [-0.4, -0.2) is 15.0 Å². The Morgan fingerprint density at radius 3 is 2.26 bits per heavy atom. The highest BCUT2D eigenvalue weighted by molar-refractivity contribution is 5.87. The Morgan fingerprint density at radius 1 is 0.826 bits per heavy atom. The number of para-hydroxylation sites is 1. The number of fused-ring (bicyclic) bond motifs is 1. The number of hydrogen-bond acceptors (Lipinski definition) is 1. The summed E-state index contributed by atoms with van der Waals surface area (Å²) in [6.07, 6.45) is 1.98. The summed E-state index contributed by atoms with van der Waals surface area (Å²) in [5, 5.41) is 0. The van der Waals surface area contributed by atoms with E-state index in [-0.39, 0.29) is 0 Å². The van der Waals surface area contributed by atoms with Crippen LogP contribution < -0.4 is 0 Å². The smallest absolute Gasteiger partial charge is 0.140 e. The van der Waals surface area contributed by atoms with Gasteiger partial charge >= 0.3 is 0 Å². The number of aromatic nitrogens is 3. The lowest BCUT2D eigenvalue weighted by atomic mass is 9.97. The molecule has 2 aromatic carbocycles. The number of rotatable bonds is 2. The van der Waals surface area contributed by atoms with Gasteiger partial charge in [-0.25, -0.2) is 4.98 Å². The Morgan fingerprint density at radius 2 is 1.52 bits per heavy atom. The van der Waals surface area contributed by atoms with Gasteiger partial charge in [0, 0.05) is 17.3 Å². The zero-order chi connectivity index (χ0) is 16.0. The quantitative estimate of drug-likeness (QED) is 0.528. The number of nitrogens with zero attached hydrogens (tertiary/aromatic N) is 1. The molecule has 114 valence electrons. The van der Waals surface area contributed by atoms with Gasteiger partial charge in [-0.1, -0.05) is 30.3 Å². The number of aryl methyl sites for hydroxylation is 3. The van der Waals surface area contributed by atoms with Gasteiger partial charge < -0.3 is 9.97 Å². The molecule has 0 fully saturated rings. The molecule has 3 heteroatoms. The van der Waals surface area contributed by atoms with Crippen molar-refractivity contribution in [2.24, 2.45) is 0 Å². The first-order valence-corrected chi connectivity index (χ1v) is 7.85. The molecule has 2 heterocycles. The maximum atomic E-state index is 4.82. The number of hydrogen-bond donors (Lipinski definition) is 2. The molecule has 0 atom stereocenters. The first-order valence-electron chi connectivity index (χ1n) is 7.85. The summed E-state index contributed by atoms with van der Waals surface area (Å²) in [4.78, 5) is 11.7. The van der Waals surface area contributed by atoms with E-state index in [1.165, 1.54) is 22.3 Å². The minimum Gasteiger partial charge on any atom is -0.361 e. The molecule has 4 rings (SSSR count). The third-order valence-corrected chi connectivity index (χ3v) is 4.45. The third kappa shape index (κ3) is 2.16. The van der Waals surface area contributed by atoms with Crippen molar-refractivity contribution in [3.8, 4) is 22.6 Å². The summed E-state index contributed by atoms with van der Waals surface area (Å²) < 4.78 is 0. The van der Waals surface area contributed by atoms with Gasteiger partial charge in [0.05, 0.1) is 16.7 Å². The number of H-pyrrole nitrogens is 2. The summed E-state index contributed by atoms with van der Waals surface area (Å²) in [5.41, 5.74) is 9.32. The zero-order valence-corrected chi connectivity index (χ0v) is 13.6. The highest BCUT2D eigenvalue weighted by Crippen LogP contribution is 2.34. The number of benzene rings is 2. The van der Waals surface area contributed by atoms with E-state index < -0.39 is 0 Å². The lowest BCUT2D eigenvalue weighted by Crippen LogP contribution is -1.91. The van der Waals surface area contributed by atoms with E-state index in [1.807, 2.05) is 6.20 Å². The average molecular weight is 301 g/mol. The van der Waals surface area contributed by atoms with Gasteiger partial charge in [0.1, 0.15) is 5.82 Å². The summed E-state index contributed by atoms with van der Waals surface area (Å²) in [5.74, 6) is 0.910. The van der Waals surface area contributed by atoms with Crippen molar-refractivity contribution in [2.45, 2.75) is 20.8 Å². The van der Waals surface area contributed by atoms with E-state index >= 15 is 0 Å². The molecule has 23 heavy (non-hydrogen) atoms. The molecular formula is C20H19N3. The molecule has 0 unspecified atom stereocenters. The highest BCUT2D eigenvalue weighted by atomic mass is 14.9. The minimum absolute atomic E-state index is 0.910. The Kier molecular flexibility index (Phi) is 3.08. The standard InChI is InChI=1S/C20H19N3/c1-12-6-4-7-13(2)17(12)19-15(10-11-21-19)20-22-16-9-5-8-14(3)18(16)23-20/h4-11,21H,1-3H3,(H,22,23). The third-order valence-electron chi connectivity index (χ3n) is 4.45. The monoisotopic (exact) mass is 301 g/mol. The van der Waals surface area contributed by atoms with Crippen LogP contribution in [0.5, 0.6) is 0 Å². The first kappa shape index (κ1) is 13.8. The second-order valence-corrected chi connectivity index (χ2v) is 6.09. The fourth-order valence-corrected chi connectivity index (χ4v) is 3.29. The van der Waals surface area contributed by atoms with Gasteiger partial charge in [-0.15, -0.1) is 0 Å². The summed E-state index contributed by atoms with van der Waals surface area (Å²) in [6, 6.07) is 14.7. The van der Waals surface area contributed by atoms with E-state index in [0.29, 0.717) is 0 Å². The molecule has 0 bridgehead atoms. The molecule has 0 aliphatic heterocycles. The molecule has 0 aliphatic carbocycles. The number of nitrogens with one attached hydrogen (secondary N) is 2. The van der Waals surface area contributed by atoms with Crippen LogP contribution >= 0.6 is 0 Å². The summed E-state index contributed by atoms with van der Waals surface area (Å²) in [7, 11) is 0. The molecule has 0 spiro atoms. The minimum atomic E-state index is 0.910. The fraction of sp³-hybridized carbons (Fsp3) is 0.150. The molecule has 0 aliphatic rings. The van der Waals surface area contributed by atoms with Crippen LogP contribution in [0.2, 0.25) is 0 Å². The van der Waals surface area contributed by atoms with Crippen LogP contribution in [0, 0.1) is 20.8 Å². The molecule has 0 saturated carbocycles. The average Bonchev–Trinajstić information content (AvgIpc) is 3.14. The van der Waals surface area contributed by atoms with E-state index in [4.69, 9.17) is 4.98 Å². The van der Waals surface area contributed by atoms with Crippen molar-refractivity contribution >= 4 is 11.0 Å². The highest BCUT2D eigenvalue weighted by Gasteiger charge is 2.16. The van der Waals surface area contributed by atoms with Crippen LogP contribution in [0.1, 0.15) is 16.7 Å². The number of imidazole rings is 1. The van der Waals surface area contributed by atoms with Gasteiger partial charge in [0.15, 0.2) is 0 Å². The lowest BCUT2D eigenvalue weighted by Gasteiger charge is -2.10. The van der Waals surface area contributed by atoms with Crippen LogP contribution in [0.3, 0.4) is 0 Å². The van der Waals surface area contributed by atoms with Crippen LogP contribution in [-0.2, 0) is 0 Å². The molecule has 4 aromatic rings. The summed E-state index contributed by atoms with van der Waals surface area (Å²) in [6.45, 7) is 6.39. The zero-order valence-electron chi connectivity index (χ0n) is 13.6. The van der Waals surface area contributed by atoms with Crippen molar-refractivity contribution in [2.75, 3.05) is 0 Å². The van der Waals surface area contributed by atoms with E-state index in [2.05, 4.69) is 73.2 Å². The number of aromatic amines is 2. The molecule has 0 radical (unpaired) electrons. The van der Waals surface area contributed by atoms with Gasteiger partial charge in [0.25, 0.3) is 0 Å². The molecule has 0 saturated heterocycles. The maximum absolute atomic E-state index is 4.82. The SMILES string of the molecule is Cc1cccc(C)c1-c1[nH]ccc1-c1nc2c(C)cccc2[nH]1. The van der Waals surface area contributed by atoms with Gasteiger partial charge in [0.2, 0.25) is 0 Å². The molecule has 2 aromatic heterocycles. The predicted octanol–water partition coefficient (Wildman–Crippen LogP) is 5.15. The Labute approximate surface area is 135 Å². The predicted molar refractivity (Wildman–Crippen MR) is 95.5 cm³/mol. The second-order valence-electron chi connectivity index (χ2n) is 6.09. The van der Waals surface area contributed by atoms with E-state index in [1.54, 1.807) is 0 Å². The summed E-state index contributed by atoms with van der Waals surface area (Å²) >= 11 is 0. The first-order chi connectivity index (χ1) is 11.1. The fourth-order valence-electron chi connectivity index (χ4n) is 3.29. The Balaban J connectivity index is 1.94. The molecule has 2 N–H and O–H groups in total. The Bertz CT molecular complexity index is 985. The normalized spacial score (nSPS) is 11.3. The van der Waals surface area contributed by atoms with Crippen LogP contribution in [0.4, 0.5) is 0 Å². The second kappa shape index (κ2) is 5.13. The van der Waals surface area contributed by atoms with Gasteiger partial charge in [-0.2, -0.15) is 0 Å². The largest absolute Gasteiger partial charge is 0.361 e. The van der Waals surface area contributed by atoms with Gasteiger partial charge in [-0.05, 0) is 49.6 Å². The van der Waals surface area contributed by atoms with Crippen molar-refractivity contribution in [1.29, 1.82) is 0 Å². The molecular weight excluding hydrogens is 282 g/mol. The van der Waals surface area contributed by atoms with Crippen molar-refractivity contribution in [3.05, 3.63) is 65.4 Å². The van der Waals surface area contributed by atoms with E-state index in [9.17, 15) is 0 Å². The topological polar surface area (TPSA) is 44.5 Å². The van der Waals surface area contributed by atoms with Crippen molar-refractivity contribution < 1.29 is 0 Å². The van der Waals surface area contributed by atoms with E-state index in [0.717, 1.165) is 28.1 Å². The van der Waals surface area contributed by atoms with Crippen LogP contribution in [0.25, 0.3) is 33.7 Å². The Hall–Kier alpha value is -2.81. The maximum Gasteiger partial charge on any atom is 0.140 e. The lowest BCUT2D eigenvalue weighted by molar-refractivity contribution is 1.30. The van der Waals surface area contributed by atoms with Crippen molar-refractivity contribution in [1.82, 2.24) is 15.0 Å². The van der Waals surface area contributed by atoms with Crippen molar-refractivity contribution in [3.63, 3.8) is 0 Å². The van der Waals surface area contributed by atoms with Crippen LogP contribution in [0.15, 0.2) is 48.7 Å². The van der Waals surface area contributed by atoms with Gasteiger partial charge in [-0.3, -0.25) is 0 Å². The molecule has 0 amide bonds.